The van der Waals surface area contributed by atoms with Gasteiger partial charge in [0.05, 0.1) is 0 Å². The second-order valence-electron chi connectivity index (χ2n) is 6.40. The van der Waals surface area contributed by atoms with Gasteiger partial charge in [-0.3, -0.25) is 0 Å². The van der Waals surface area contributed by atoms with Crippen molar-refractivity contribution >= 4 is 0 Å². The summed E-state index contributed by atoms with van der Waals surface area (Å²) in [6.45, 7) is 5.02. The summed E-state index contributed by atoms with van der Waals surface area (Å²) in [4.78, 5) is 9.67. The highest BCUT2D eigenvalue weighted by Crippen LogP contribution is 2.52. The summed E-state index contributed by atoms with van der Waals surface area (Å²) >= 11 is 0. The third-order valence-electron chi connectivity index (χ3n) is 5.14. The van der Waals surface area contributed by atoms with Crippen LogP contribution in [0.2, 0.25) is 0 Å². The lowest BCUT2D eigenvalue weighted by molar-refractivity contribution is 0.404. The SMILES string of the molecule is Cc1nc(C2CC3CCC2C3)nc(C)c1CCCN. The van der Waals surface area contributed by atoms with Crippen molar-refractivity contribution in [3.63, 3.8) is 0 Å². The Morgan fingerprint density at radius 3 is 2.37 bits per heavy atom. The number of hydrogen-bond donors (Lipinski definition) is 1. The lowest BCUT2D eigenvalue weighted by atomic mass is 9.88. The second kappa shape index (κ2) is 5.20. The maximum atomic E-state index is 5.61. The molecule has 1 aromatic heterocycles. The zero-order valence-corrected chi connectivity index (χ0v) is 12.2. The van der Waals surface area contributed by atoms with E-state index in [2.05, 4.69) is 13.8 Å². The first-order chi connectivity index (χ1) is 9.19. The van der Waals surface area contributed by atoms with E-state index in [1.54, 1.807) is 0 Å². The lowest BCUT2D eigenvalue weighted by Gasteiger charge is -2.21. The van der Waals surface area contributed by atoms with Crippen molar-refractivity contribution in [2.24, 2.45) is 17.6 Å². The van der Waals surface area contributed by atoms with E-state index in [0.717, 1.165) is 37.0 Å². The first-order valence-electron chi connectivity index (χ1n) is 7.73. The molecule has 0 amide bonds. The molecule has 1 aromatic rings. The van der Waals surface area contributed by atoms with Gasteiger partial charge in [0, 0.05) is 17.3 Å². The molecule has 3 unspecified atom stereocenters. The summed E-state index contributed by atoms with van der Waals surface area (Å²) in [5.41, 5.74) is 9.28. The predicted molar refractivity (Wildman–Crippen MR) is 77.1 cm³/mol. The summed E-state index contributed by atoms with van der Waals surface area (Å²) in [5.74, 6) is 3.58. The largest absolute Gasteiger partial charge is 0.330 e. The van der Waals surface area contributed by atoms with Gasteiger partial charge in [0.15, 0.2) is 0 Å². The van der Waals surface area contributed by atoms with Gasteiger partial charge >= 0.3 is 0 Å². The van der Waals surface area contributed by atoms with Gasteiger partial charge < -0.3 is 5.73 Å². The molecule has 104 valence electrons. The molecule has 3 heteroatoms. The standard InChI is InChI=1S/C16H25N3/c1-10-14(4-3-7-17)11(2)19-16(18-10)15-9-12-5-6-13(15)8-12/h12-13,15H,3-9,17H2,1-2H3. The van der Waals surface area contributed by atoms with E-state index in [1.807, 2.05) is 0 Å². The van der Waals surface area contributed by atoms with E-state index in [-0.39, 0.29) is 0 Å². The van der Waals surface area contributed by atoms with Crippen molar-refractivity contribution in [3.8, 4) is 0 Å². The predicted octanol–water partition coefficient (Wildman–Crippen LogP) is 2.89. The van der Waals surface area contributed by atoms with Crippen molar-refractivity contribution < 1.29 is 0 Å². The van der Waals surface area contributed by atoms with Gasteiger partial charge in [-0.05, 0) is 69.9 Å². The number of aromatic nitrogens is 2. The van der Waals surface area contributed by atoms with Gasteiger partial charge in [-0.15, -0.1) is 0 Å². The van der Waals surface area contributed by atoms with Crippen molar-refractivity contribution in [1.29, 1.82) is 0 Å². The maximum absolute atomic E-state index is 5.61. The molecular formula is C16H25N3. The Labute approximate surface area is 116 Å². The van der Waals surface area contributed by atoms with E-state index in [1.165, 1.54) is 42.6 Å². The Hall–Kier alpha value is -0.960. The zero-order chi connectivity index (χ0) is 13.4. The van der Waals surface area contributed by atoms with Crippen LogP contribution in [-0.2, 0) is 6.42 Å². The molecule has 19 heavy (non-hydrogen) atoms. The van der Waals surface area contributed by atoms with Crippen molar-refractivity contribution in [3.05, 3.63) is 22.8 Å². The number of aryl methyl sites for hydroxylation is 2. The van der Waals surface area contributed by atoms with Crippen LogP contribution in [0, 0.1) is 25.7 Å². The average Bonchev–Trinajstić information content (AvgIpc) is 3.00. The average molecular weight is 259 g/mol. The summed E-state index contributed by atoms with van der Waals surface area (Å²) in [5, 5.41) is 0. The van der Waals surface area contributed by atoms with Crippen LogP contribution in [-0.4, -0.2) is 16.5 Å². The summed E-state index contributed by atoms with van der Waals surface area (Å²) in [6, 6.07) is 0. The third kappa shape index (κ3) is 2.40. The molecule has 0 radical (unpaired) electrons. The molecule has 3 atom stereocenters. The minimum atomic E-state index is 0.639. The van der Waals surface area contributed by atoms with Crippen LogP contribution in [0.1, 0.15) is 60.8 Å². The molecule has 3 rings (SSSR count). The van der Waals surface area contributed by atoms with E-state index in [0.29, 0.717) is 5.92 Å². The van der Waals surface area contributed by atoms with Crippen LogP contribution in [0.25, 0.3) is 0 Å². The molecule has 1 heterocycles. The highest BCUT2D eigenvalue weighted by Gasteiger charge is 2.41. The second-order valence-corrected chi connectivity index (χ2v) is 6.40. The van der Waals surface area contributed by atoms with Gasteiger partial charge in [-0.1, -0.05) is 6.42 Å². The van der Waals surface area contributed by atoms with Gasteiger partial charge in [0.25, 0.3) is 0 Å². The highest BCUT2D eigenvalue weighted by atomic mass is 14.9. The molecule has 2 bridgehead atoms. The fourth-order valence-corrected chi connectivity index (χ4v) is 4.13. The van der Waals surface area contributed by atoms with Crippen molar-refractivity contribution in [1.82, 2.24) is 9.97 Å². The van der Waals surface area contributed by atoms with Crippen LogP contribution in [0.3, 0.4) is 0 Å². The molecule has 2 aliphatic rings. The van der Waals surface area contributed by atoms with E-state index < -0.39 is 0 Å². The quantitative estimate of drug-likeness (QED) is 0.904. The molecule has 2 aliphatic carbocycles. The Bertz CT molecular complexity index is 446. The van der Waals surface area contributed by atoms with Crippen LogP contribution < -0.4 is 5.73 Å². The highest BCUT2D eigenvalue weighted by molar-refractivity contribution is 5.26. The van der Waals surface area contributed by atoms with Crippen LogP contribution in [0.15, 0.2) is 0 Å². The fraction of sp³-hybridized carbons (Fsp3) is 0.750. The maximum Gasteiger partial charge on any atom is 0.132 e. The summed E-state index contributed by atoms with van der Waals surface area (Å²) < 4.78 is 0. The van der Waals surface area contributed by atoms with Gasteiger partial charge in [0.1, 0.15) is 5.82 Å². The van der Waals surface area contributed by atoms with Gasteiger partial charge in [-0.2, -0.15) is 0 Å². The molecule has 3 nitrogen and oxygen atoms in total. The van der Waals surface area contributed by atoms with E-state index in [9.17, 15) is 0 Å². The van der Waals surface area contributed by atoms with E-state index in [4.69, 9.17) is 15.7 Å². The topological polar surface area (TPSA) is 51.8 Å². The van der Waals surface area contributed by atoms with Crippen LogP contribution in [0.5, 0.6) is 0 Å². The smallest absolute Gasteiger partial charge is 0.132 e. The zero-order valence-electron chi connectivity index (χ0n) is 12.2. The fourth-order valence-electron chi connectivity index (χ4n) is 4.13. The molecule has 0 aromatic carbocycles. The first-order valence-corrected chi connectivity index (χ1v) is 7.73. The Morgan fingerprint density at radius 1 is 1.11 bits per heavy atom. The number of hydrogen-bond acceptors (Lipinski definition) is 3. The third-order valence-corrected chi connectivity index (χ3v) is 5.14. The summed E-state index contributed by atoms with van der Waals surface area (Å²) in [7, 11) is 0. The van der Waals surface area contributed by atoms with Gasteiger partial charge in [0.2, 0.25) is 0 Å². The molecule has 0 saturated heterocycles. The molecule has 0 spiro atoms. The molecule has 0 aliphatic heterocycles. The molecular weight excluding hydrogens is 234 g/mol. The van der Waals surface area contributed by atoms with Gasteiger partial charge in [-0.25, -0.2) is 9.97 Å². The number of fused-ring (bicyclic) bond motifs is 2. The number of nitrogens with two attached hydrogens (primary N) is 1. The molecule has 2 fully saturated rings. The Balaban J connectivity index is 1.84. The molecule has 2 N–H and O–H groups in total. The first kappa shape index (κ1) is 13.0. The molecule has 2 saturated carbocycles. The van der Waals surface area contributed by atoms with Crippen molar-refractivity contribution in [2.75, 3.05) is 6.54 Å². The van der Waals surface area contributed by atoms with Crippen LogP contribution in [0.4, 0.5) is 0 Å². The van der Waals surface area contributed by atoms with Crippen LogP contribution >= 0.6 is 0 Å². The monoisotopic (exact) mass is 259 g/mol. The Kier molecular flexibility index (Phi) is 3.57. The normalized spacial score (nSPS) is 29.1. The Morgan fingerprint density at radius 2 is 1.84 bits per heavy atom. The number of rotatable bonds is 4. The minimum Gasteiger partial charge on any atom is -0.330 e. The van der Waals surface area contributed by atoms with E-state index >= 15 is 0 Å². The van der Waals surface area contributed by atoms with Crippen molar-refractivity contribution in [2.45, 2.75) is 58.3 Å². The summed E-state index contributed by atoms with van der Waals surface area (Å²) in [6.07, 6.45) is 7.62. The minimum absolute atomic E-state index is 0.639. The number of nitrogens with zero attached hydrogens (tertiary/aromatic N) is 2. The lowest BCUT2D eigenvalue weighted by Crippen LogP contribution is -2.15.